The molecule has 0 bridgehead atoms. The summed E-state index contributed by atoms with van der Waals surface area (Å²) in [6.45, 7) is 2.08. The van der Waals surface area contributed by atoms with Crippen LogP contribution in [0.5, 0.6) is 0 Å². The third-order valence-corrected chi connectivity index (χ3v) is 3.84. The second kappa shape index (κ2) is 4.48. The Bertz CT molecular complexity index is 538. The van der Waals surface area contributed by atoms with Crippen molar-refractivity contribution in [2.24, 2.45) is 5.92 Å². The average Bonchev–Trinajstić information content (AvgIpc) is 2.67. The number of aromatic nitrogens is 1. The SMILES string of the molecule is Cc1ccc(-c2c(CC3CCC3)noc2N)cc1. The van der Waals surface area contributed by atoms with Crippen LogP contribution in [0.4, 0.5) is 5.88 Å². The van der Waals surface area contributed by atoms with E-state index < -0.39 is 0 Å². The van der Waals surface area contributed by atoms with Gasteiger partial charge in [-0.15, -0.1) is 0 Å². The number of aryl methyl sites for hydroxylation is 1. The Labute approximate surface area is 107 Å². The van der Waals surface area contributed by atoms with Gasteiger partial charge >= 0.3 is 0 Å². The monoisotopic (exact) mass is 242 g/mol. The fourth-order valence-electron chi connectivity index (χ4n) is 2.48. The van der Waals surface area contributed by atoms with Gasteiger partial charge in [0.2, 0.25) is 5.88 Å². The molecule has 2 N–H and O–H groups in total. The number of hydrogen-bond donors (Lipinski definition) is 1. The van der Waals surface area contributed by atoms with Crippen molar-refractivity contribution in [2.75, 3.05) is 5.73 Å². The summed E-state index contributed by atoms with van der Waals surface area (Å²) in [4.78, 5) is 0. The van der Waals surface area contributed by atoms with E-state index in [1.54, 1.807) is 0 Å². The number of nitrogen functional groups attached to an aromatic ring is 1. The summed E-state index contributed by atoms with van der Waals surface area (Å²) in [6, 6.07) is 8.36. The Morgan fingerprint density at radius 1 is 1.28 bits per heavy atom. The van der Waals surface area contributed by atoms with E-state index in [9.17, 15) is 0 Å². The summed E-state index contributed by atoms with van der Waals surface area (Å²) in [6.07, 6.45) is 4.95. The first-order chi connectivity index (χ1) is 8.74. The minimum atomic E-state index is 0.438. The lowest BCUT2D eigenvalue weighted by molar-refractivity contribution is 0.306. The van der Waals surface area contributed by atoms with E-state index in [1.807, 2.05) is 0 Å². The summed E-state index contributed by atoms with van der Waals surface area (Å²) < 4.78 is 5.18. The van der Waals surface area contributed by atoms with Gasteiger partial charge in [0, 0.05) is 0 Å². The zero-order chi connectivity index (χ0) is 12.5. The Morgan fingerprint density at radius 3 is 2.61 bits per heavy atom. The van der Waals surface area contributed by atoms with Gasteiger partial charge in [0.15, 0.2) is 0 Å². The third-order valence-electron chi connectivity index (χ3n) is 3.84. The molecule has 0 unspecified atom stereocenters. The summed E-state index contributed by atoms with van der Waals surface area (Å²) >= 11 is 0. The second-order valence-electron chi connectivity index (χ2n) is 5.24. The van der Waals surface area contributed by atoms with Gasteiger partial charge in [-0.05, 0) is 24.8 Å². The van der Waals surface area contributed by atoms with E-state index in [0.29, 0.717) is 5.88 Å². The summed E-state index contributed by atoms with van der Waals surface area (Å²) in [7, 11) is 0. The number of nitrogens with two attached hydrogens (primary N) is 1. The third kappa shape index (κ3) is 2.01. The van der Waals surface area contributed by atoms with Crippen LogP contribution in [0.25, 0.3) is 11.1 Å². The Morgan fingerprint density at radius 2 is 2.00 bits per heavy atom. The fraction of sp³-hybridized carbons (Fsp3) is 0.400. The first-order valence-corrected chi connectivity index (χ1v) is 6.55. The van der Waals surface area contributed by atoms with Gasteiger partial charge in [-0.2, -0.15) is 0 Å². The maximum absolute atomic E-state index is 5.92. The van der Waals surface area contributed by atoms with Crippen LogP contribution in [0.2, 0.25) is 0 Å². The molecule has 1 saturated carbocycles. The molecule has 0 aliphatic heterocycles. The fourth-order valence-corrected chi connectivity index (χ4v) is 2.48. The van der Waals surface area contributed by atoms with E-state index in [-0.39, 0.29) is 0 Å². The molecule has 1 heterocycles. The molecule has 1 fully saturated rings. The van der Waals surface area contributed by atoms with Crippen molar-refractivity contribution in [3.05, 3.63) is 35.5 Å². The number of rotatable bonds is 3. The predicted octanol–water partition coefficient (Wildman–Crippen LogP) is 3.57. The van der Waals surface area contributed by atoms with Crippen LogP contribution in [-0.4, -0.2) is 5.16 Å². The lowest BCUT2D eigenvalue weighted by atomic mass is 9.81. The maximum Gasteiger partial charge on any atom is 0.230 e. The summed E-state index contributed by atoms with van der Waals surface area (Å²) in [5.41, 5.74) is 10.3. The van der Waals surface area contributed by atoms with Gasteiger partial charge in [0.25, 0.3) is 0 Å². The summed E-state index contributed by atoms with van der Waals surface area (Å²) in [5.74, 6) is 1.20. The highest BCUT2D eigenvalue weighted by molar-refractivity contribution is 5.75. The van der Waals surface area contributed by atoms with Crippen molar-refractivity contribution in [3.63, 3.8) is 0 Å². The van der Waals surface area contributed by atoms with Gasteiger partial charge in [-0.3, -0.25) is 0 Å². The standard InChI is InChI=1S/C15H18N2O/c1-10-5-7-12(8-6-10)14-13(17-18-15(14)16)9-11-3-2-4-11/h5-8,11H,2-4,9,16H2,1H3. The van der Waals surface area contributed by atoms with Crippen molar-refractivity contribution < 1.29 is 4.52 Å². The smallest absolute Gasteiger partial charge is 0.230 e. The van der Waals surface area contributed by atoms with Gasteiger partial charge in [-0.25, -0.2) is 0 Å². The zero-order valence-corrected chi connectivity index (χ0v) is 10.6. The molecule has 1 aromatic heterocycles. The largest absolute Gasteiger partial charge is 0.367 e. The molecule has 0 atom stereocenters. The van der Waals surface area contributed by atoms with Crippen LogP contribution in [0.1, 0.15) is 30.5 Å². The molecule has 0 amide bonds. The van der Waals surface area contributed by atoms with Crippen molar-refractivity contribution in [2.45, 2.75) is 32.6 Å². The molecule has 3 nitrogen and oxygen atoms in total. The molecule has 3 rings (SSSR count). The minimum Gasteiger partial charge on any atom is -0.367 e. The van der Waals surface area contributed by atoms with Crippen LogP contribution in [0.15, 0.2) is 28.8 Å². The number of nitrogens with zero attached hydrogens (tertiary/aromatic N) is 1. The molecule has 1 aromatic carbocycles. The lowest BCUT2D eigenvalue weighted by Gasteiger charge is -2.24. The molecule has 0 saturated heterocycles. The molecule has 3 heteroatoms. The van der Waals surface area contributed by atoms with Gasteiger partial charge in [0.1, 0.15) is 0 Å². The number of hydrogen-bond acceptors (Lipinski definition) is 3. The number of anilines is 1. The first kappa shape index (κ1) is 11.3. The van der Waals surface area contributed by atoms with Crippen molar-refractivity contribution in [3.8, 4) is 11.1 Å². The Hall–Kier alpha value is -1.77. The zero-order valence-electron chi connectivity index (χ0n) is 10.6. The van der Waals surface area contributed by atoms with Crippen LogP contribution >= 0.6 is 0 Å². The number of benzene rings is 1. The molecular formula is C15H18N2O. The van der Waals surface area contributed by atoms with Crippen LogP contribution < -0.4 is 5.73 Å². The van der Waals surface area contributed by atoms with E-state index in [2.05, 4.69) is 36.3 Å². The molecular weight excluding hydrogens is 224 g/mol. The van der Waals surface area contributed by atoms with E-state index in [1.165, 1.54) is 24.8 Å². The van der Waals surface area contributed by atoms with Crippen molar-refractivity contribution in [1.29, 1.82) is 0 Å². The molecule has 0 spiro atoms. The molecule has 1 aliphatic carbocycles. The molecule has 94 valence electrons. The molecule has 18 heavy (non-hydrogen) atoms. The van der Waals surface area contributed by atoms with E-state index in [4.69, 9.17) is 10.3 Å². The van der Waals surface area contributed by atoms with E-state index in [0.717, 1.165) is 29.2 Å². The molecule has 2 aromatic rings. The lowest BCUT2D eigenvalue weighted by Crippen LogP contribution is -2.14. The van der Waals surface area contributed by atoms with Crippen LogP contribution in [0.3, 0.4) is 0 Å². The average molecular weight is 242 g/mol. The van der Waals surface area contributed by atoms with E-state index >= 15 is 0 Å². The second-order valence-corrected chi connectivity index (χ2v) is 5.24. The highest BCUT2D eigenvalue weighted by atomic mass is 16.5. The van der Waals surface area contributed by atoms with Gasteiger partial charge in [-0.1, -0.05) is 54.2 Å². The quantitative estimate of drug-likeness (QED) is 0.895. The van der Waals surface area contributed by atoms with Gasteiger partial charge in [0.05, 0.1) is 11.3 Å². The highest BCUT2D eigenvalue weighted by Crippen LogP contribution is 2.35. The highest BCUT2D eigenvalue weighted by Gasteiger charge is 2.23. The minimum absolute atomic E-state index is 0.438. The van der Waals surface area contributed by atoms with Crippen molar-refractivity contribution in [1.82, 2.24) is 5.16 Å². The maximum atomic E-state index is 5.92. The topological polar surface area (TPSA) is 52.0 Å². The van der Waals surface area contributed by atoms with Crippen molar-refractivity contribution >= 4 is 5.88 Å². The van der Waals surface area contributed by atoms with Crippen LogP contribution in [-0.2, 0) is 6.42 Å². The predicted molar refractivity (Wildman–Crippen MR) is 72.1 cm³/mol. The van der Waals surface area contributed by atoms with Crippen LogP contribution in [0, 0.1) is 12.8 Å². The summed E-state index contributed by atoms with van der Waals surface area (Å²) in [5, 5.41) is 4.14. The molecule has 0 radical (unpaired) electrons. The molecule has 1 aliphatic rings. The Balaban J connectivity index is 1.94. The normalized spacial score (nSPS) is 15.6. The Kier molecular flexibility index (Phi) is 2.82. The van der Waals surface area contributed by atoms with Gasteiger partial charge < -0.3 is 10.3 Å². The first-order valence-electron chi connectivity index (χ1n) is 6.55.